The number of benzene rings is 1. The van der Waals surface area contributed by atoms with Crippen molar-refractivity contribution in [3.05, 3.63) is 29.8 Å². The van der Waals surface area contributed by atoms with Crippen molar-refractivity contribution in [2.45, 2.75) is 44.4 Å². The molecule has 134 valence electrons. The summed E-state index contributed by atoms with van der Waals surface area (Å²) in [5.74, 6) is 1.44. The van der Waals surface area contributed by atoms with Crippen molar-refractivity contribution in [3.63, 3.8) is 0 Å². The van der Waals surface area contributed by atoms with E-state index in [4.69, 9.17) is 0 Å². The molecule has 0 aromatic heterocycles. The van der Waals surface area contributed by atoms with Gasteiger partial charge in [-0.25, -0.2) is 8.42 Å². The molecule has 5 heteroatoms. The maximum atomic E-state index is 12.8. The fourth-order valence-electron chi connectivity index (χ4n) is 4.01. The Morgan fingerprint density at radius 1 is 1.04 bits per heavy atom. The normalized spacial score (nSPS) is 25.0. The first-order chi connectivity index (χ1) is 11.4. The summed E-state index contributed by atoms with van der Waals surface area (Å²) in [6, 6.07) is 7.20. The Kier molecular flexibility index (Phi) is 5.63. The Morgan fingerprint density at radius 2 is 1.71 bits per heavy atom. The molecule has 0 bridgehead atoms. The number of piperidine rings is 2. The molecule has 2 saturated heterocycles. The number of nitrogens with zero attached hydrogens (tertiary/aromatic N) is 2. The van der Waals surface area contributed by atoms with Crippen molar-refractivity contribution in [1.82, 2.24) is 9.21 Å². The van der Waals surface area contributed by atoms with E-state index in [2.05, 4.69) is 11.8 Å². The summed E-state index contributed by atoms with van der Waals surface area (Å²) in [7, 11) is -3.32. The summed E-state index contributed by atoms with van der Waals surface area (Å²) in [5, 5.41) is 0. The zero-order valence-electron chi connectivity index (χ0n) is 14.9. The molecule has 24 heavy (non-hydrogen) atoms. The highest BCUT2D eigenvalue weighted by molar-refractivity contribution is 7.89. The van der Waals surface area contributed by atoms with Gasteiger partial charge in [0.1, 0.15) is 0 Å². The summed E-state index contributed by atoms with van der Waals surface area (Å²) < 4.78 is 27.2. The molecular formula is C19H30N2O2S. The van der Waals surface area contributed by atoms with Crippen LogP contribution in [0.15, 0.2) is 29.2 Å². The van der Waals surface area contributed by atoms with E-state index in [0.717, 1.165) is 30.9 Å². The lowest BCUT2D eigenvalue weighted by molar-refractivity contribution is 0.136. The Bertz CT molecular complexity index is 634. The molecule has 2 aliphatic rings. The lowest BCUT2D eigenvalue weighted by Gasteiger charge is -2.37. The Labute approximate surface area is 146 Å². The van der Waals surface area contributed by atoms with Gasteiger partial charge in [-0.3, -0.25) is 0 Å². The van der Waals surface area contributed by atoms with Crippen LogP contribution in [0.2, 0.25) is 0 Å². The summed E-state index contributed by atoms with van der Waals surface area (Å²) in [6.45, 7) is 9.19. The SMILES string of the molecule is Cc1ccc(S(=O)(=O)N2CCC(CN3CCC[C@H](C)C3)CC2)cc1. The minimum absolute atomic E-state index is 0.427. The second kappa shape index (κ2) is 7.54. The quantitative estimate of drug-likeness (QED) is 0.838. The van der Waals surface area contributed by atoms with Crippen LogP contribution in [0.4, 0.5) is 0 Å². The zero-order chi connectivity index (χ0) is 17.2. The minimum Gasteiger partial charge on any atom is -0.303 e. The van der Waals surface area contributed by atoms with Gasteiger partial charge in [0.05, 0.1) is 4.90 Å². The Balaban J connectivity index is 1.55. The van der Waals surface area contributed by atoms with E-state index in [0.29, 0.717) is 23.9 Å². The molecule has 1 aromatic rings. The lowest BCUT2D eigenvalue weighted by atomic mass is 9.94. The number of sulfonamides is 1. The average Bonchev–Trinajstić information content (AvgIpc) is 2.56. The zero-order valence-corrected chi connectivity index (χ0v) is 15.8. The molecule has 2 heterocycles. The third kappa shape index (κ3) is 4.19. The number of aryl methyl sites for hydroxylation is 1. The van der Waals surface area contributed by atoms with Crippen LogP contribution >= 0.6 is 0 Å². The maximum Gasteiger partial charge on any atom is 0.243 e. The molecule has 2 fully saturated rings. The van der Waals surface area contributed by atoms with E-state index in [-0.39, 0.29) is 0 Å². The van der Waals surface area contributed by atoms with Crippen molar-refractivity contribution < 1.29 is 8.42 Å². The van der Waals surface area contributed by atoms with E-state index in [1.54, 1.807) is 16.4 Å². The second-order valence-electron chi connectivity index (χ2n) is 7.67. The molecule has 4 nitrogen and oxygen atoms in total. The summed E-state index contributed by atoms with van der Waals surface area (Å²) >= 11 is 0. The second-order valence-corrected chi connectivity index (χ2v) is 9.61. The Morgan fingerprint density at radius 3 is 2.33 bits per heavy atom. The first kappa shape index (κ1) is 17.9. The van der Waals surface area contributed by atoms with Gasteiger partial charge in [0.25, 0.3) is 0 Å². The molecule has 0 saturated carbocycles. The fraction of sp³-hybridized carbons (Fsp3) is 0.684. The third-order valence-corrected chi connectivity index (χ3v) is 7.40. The van der Waals surface area contributed by atoms with Crippen molar-refractivity contribution in [2.75, 3.05) is 32.7 Å². The monoisotopic (exact) mass is 350 g/mol. The molecule has 1 atom stereocenters. The summed E-state index contributed by atoms with van der Waals surface area (Å²) in [6.07, 6.45) is 4.62. The van der Waals surface area contributed by atoms with Gasteiger partial charge in [-0.2, -0.15) is 4.31 Å². The fourth-order valence-corrected chi connectivity index (χ4v) is 5.48. The van der Waals surface area contributed by atoms with Crippen LogP contribution in [-0.2, 0) is 10.0 Å². The standard InChI is InChI=1S/C19H30N2O2S/c1-16-5-7-19(8-6-16)24(22,23)21-12-9-18(10-13-21)15-20-11-3-4-17(2)14-20/h5-8,17-18H,3-4,9-15H2,1-2H3/t17-/m0/s1. The molecule has 0 radical (unpaired) electrons. The highest BCUT2D eigenvalue weighted by atomic mass is 32.2. The van der Waals surface area contributed by atoms with Crippen molar-refractivity contribution in [3.8, 4) is 0 Å². The van der Waals surface area contributed by atoms with Crippen LogP contribution in [0, 0.1) is 18.8 Å². The van der Waals surface area contributed by atoms with Crippen molar-refractivity contribution in [2.24, 2.45) is 11.8 Å². The van der Waals surface area contributed by atoms with Gasteiger partial charge < -0.3 is 4.90 Å². The molecule has 1 aromatic carbocycles. The van der Waals surface area contributed by atoms with E-state index in [1.165, 1.54) is 25.9 Å². The van der Waals surface area contributed by atoms with Gasteiger partial charge in [-0.15, -0.1) is 0 Å². The first-order valence-electron chi connectivity index (χ1n) is 9.24. The minimum atomic E-state index is -3.32. The van der Waals surface area contributed by atoms with Gasteiger partial charge in [-0.1, -0.05) is 24.6 Å². The van der Waals surface area contributed by atoms with E-state index >= 15 is 0 Å². The molecular weight excluding hydrogens is 320 g/mol. The lowest BCUT2D eigenvalue weighted by Crippen LogP contribution is -2.43. The number of hydrogen-bond acceptors (Lipinski definition) is 3. The van der Waals surface area contributed by atoms with Crippen LogP contribution in [-0.4, -0.2) is 50.3 Å². The van der Waals surface area contributed by atoms with Crippen LogP contribution in [0.25, 0.3) is 0 Å². The highest BCUT2D eigenvalue weighted by Gasteiger charge is 2.30. The van der Waals surface area contributed by atoms with Crippen molar-refractivity contribution >= 4 is 10.0 Å². The van der Waals surface area contributed by atoms with Gasteiger partial charge in [0.15, 0.2) is 0 Å². The van der Waals surface area contributed by atoms with Crippen LogP contribution < -0.4 is 0 Å². The number of hydrogen-bond donors (Lipinski definition) is 0. The molecule has 0 spiro atoms. The predicted molar refractivity (Wildman–Crippen MR) is 97.5 cm³/mol. The van der Waals surface area contributed by atoms with Crippen LogP contribution in [0.5, 0.6) is 0 Å². The first-order valence-corrected chi connectivity index (χ1v) is 10.7. The number of likely N-dealkylation sites (tertiary alicyclic amines) is 1. The van der Waals surface area contributed by atoms with E-state index in [1.807, 2.05) is 19.1 Å². The molecule has 0 unspecified atom stereocenters. The van der Waals surface area contributed by atoms with Crippen LogP contribution in [0.1, 0.15) is 38.2 Å². The molecule has 0 amide bonds. The Hall–Kier alpha value is -0.910. The molecule has 3 rings (SSSR count). The van der Waals surface area contributed by atoms with Gasteiger partial charge in [0.2, 0.25) is 10.0 Å². The van der Waals surface area contributed by atoms with E-state index < -0.39 is 10.0 Å². The third-order valence-electron chi connectivity index (χ3n) is 5.49. The van der Waals surface area contributed by atoms with Crippen LogP contribution in [0.3, 0.4) is 0 Å². The summed E-state index contributed by atoms with van der Waals surface area (Å²) in [5.41, 5.74) is 1.09. The van der Waals surface area contributed by atoms with Crippen molar-refractivity contribution in [1.29, 1.82) is 0 Å². The molecule has 0 N–H and O–H groups in total. The molecule has 0 aliphatic carbocycles. The number of rotatable bonds is 4. The maximum absolute atomic E-state index is 12.8. The smallest absolute Gasteiger partial charge is 0.243 e. The summed E-state index contributed by atoms with van der Waals surface area (Å²) in [4.78, 5) is 3.01. The predicted octanol–water partition coefficient (Wildman–Crippen LogP) is 3.13. The van der Waals surface area contributed by atoms with Gasteiger partial charge >= 0.3 is 0 Å². The molecule has 2 aliphatic heterocycles. The van der Waals surface area contributed by atoms with Gasteiger partial charge in [0, 0.05) is 26.2 Å². The average molecular weight is 351 g/mol. The topological polar surface area (TPSA) is 40.6 Å². The van der Waals surface area contributed by atoms with E-state index in [9.17, 15) is 8.42 Å². The highest BCUT2D eigenvalue weighted by Crippen LogP contribution is 2.26. The van der Waals surface area contributed by atoms with Gasteiger partial charge in [-0.05, 0) is 63.1 Å². The largest absolute Gasteiger partial charge is 0.303 e.